The Morgan fingerprint density at radius 2 is 1.87 bits per heavy atom. The molecule has 0 N–H and O–H groups in total. The second-order valence-electron chi connectivity index (χ2n) is 7.37. The van der Waals surface area contributed by atoms with Crippen LogP contribution in [0.3, 0.4) is 0 Å². The number of aromatic nitrogens is 4. The van der Waals surface area contributed by atoms with Crippen LogP contribution in [0.4, 0.5) is 0 Å². The number of hydrogen-bond donors (Lipinski definition) is 0. The molecule has 30 heavy (non-hydrogen) atoms. The normalized spacial score (nSPS) is 11.2. The van der Waals surface area contributed by atoms with Gasteiger partial charge in [-0.05, 0) is 51.8 Å². The second kappa shape index (κ2) is 8.10. The summed E-state index contributed by atoms with van der Waals surface area (Å²) in [6.45, 7) is 7.81. The Bertz CT molecular complexity index is 1210. The highest BCUT2D eigenvalue weighted by Gasteiger charge is 2.16. The van der Waals surface area contributed by atoms with Gasteiger partial charge in [-0.25, -0.2) is 14.5 Å². The third kappa shape index (κ3) is 3.96. The molecule has 0 spiro atoms. The summed E-state index contributed by atoms with van der Waals surface area (Å²) in [5.41, 5.74) is 6.19. The SMILES string of the molecule is Cc1cc2nc(C)c(CCC(=O)OCc3nc(-c4ccccc4)oc3C)c(C)n2n1. The Morgan fingerprint density at radius 1 is 1.10 bits per heavy atom. The summed E-state index contributed by atoms with van der Waals surface area (Å²) in [4.78, 5) is 21.4. The van der Waals surface area contributed by atoms with Crippen molar-refractivity contribution in [3.05, 3.63) is 70.5 Å². The molecule has 0 atom stereocenters. The second-order valence-corrected chi connectivity index (χ2v) is 7.37. The molecular formula is C23H24N4O3. The first-order valence-corrected chi connectivity index (χ1v) is 9.92. The molecule has 4 rings (SSSR count). The molecule has 3 heterocycles. The Balaban J connectivity index is 1.39. The van der Waals surface area contributed by atoms with Gasteiger partial charge in [-0.15, -0.1) is 0 Å². The van der Waals surface area contributed by atoms with E-state index in [1.807, 2.05) is 68.6 Å². The van der Waals surface area contributed by atoms with Crippen LogP contribution in [0.1, 0.15) is 40.5 Å². The van der Waals surface area contributed by atoms with E-state index in [-0.39, 0.29) is 19.0 Å². The van der Waals surface area contributed by atoms with Gasteiger partial charge in [0, 0.05) is 29.4 Å². The van der Waals surface area contributed by atoms with Gasteiger partial charge in [-0.1, -0.05) is 18.2 Å². The summed E-state index contributed by atoms with van der Waals surface area (Å²) in [5.74, 6) is 0.894. The maximum absolute atomic E-state index is 12.3. The molecule has 0 aliphatic heterocycles. The van der Waals surface area contributed by atoms with Gasteiger partial charge in [0.1, 0.15) is 18.1 Å². The molecule has 4 aromatic rings. The first kappa shape index (κ1) is 19.8. The van der Waals surface area contributed by atoms with Crippen LogP contribution in [0.15, 0.2) is 40.8 Å². The smallest absolute Gasteiger partial charge is 0.306 e. The third-order valence-corrected chi connectivity index (χ3v) is 5.15. The molecular weight excluding hydrogens is 380 g/mol. The summed E-state index contributed by atoms with van der Waals surface area (Å²) in [7, 11) is 0. The lowest BCUT2D eigenvalue weighted by atomic mass is 10.1. The Labute approximate surface area is 174 Å². The number of aryl methyl sites for hydroxylation is 4. The quantitative estimate of drug-likeness (QED) is 0.446. The predicted molar refractivity (Wildman–Crippen MR) is 112 cm³/mol. The summed E-state index contributed by atoms with van der Waals surface area (Å²) < 4.78 is 13.0. The van der Waals surface area contributed by atoms with Crippen molar-refractivity contribution in [2.75, 3.05) is 0 Å². The van der Waals surface area contributed by atoms with E-state index in [1.54, 1.807) is 0 Å². The number of nitrogens with zero attached hydrogens (tertiary/aromatic N) is 4. The van der Waals surface area contributed by atoms with Gasteiger partial charge in [-0.2, -0.15) is 5.10 Å². The van der Waals surface area contributed by atoms with E-state index in [1.165, 1.54) is 0 Å². The predicted octanol–water partition coefficient (Wildman–Crippen LogP) is 4.29. The molecule has 0 saturated heterocycles. The van der Waals surface area contributed by atoms with E-state index >= 15 is 0 Å². The number of hydrogen-bond acceptors (Lipinski definition) is 6. The van der Waals surface area contributed by atoms with Crippen molar-refractivity contribution >= 4 is 11.6 Å². The molecule has 0 unspecified atom stereocenters. The van der Waals surface area contributed by atoms with Crippen LogP contribution in [0.25, 0.3) is 17.1 Å². The Kier molecular flexibility index (Phi) is 5.35. The Hall–Kier alpha value is -3.48. The zero-order chi connectivity index (χ0) is 21.3. The molecule has 0 aliphatic carbocycles. The van der Waals surface area contributed by atoms with Crippen LogP contribution in [0.2, 0.25) is 0 Å². The van der Waals surface area contributed by atoms with E-state index in [0.717, 1.165) is 33.9 Å². The van der Waals surface area contributed by atoms with E-state index in [2.05, 4.69) is 15.1 Å². The van der Waals surface area contributed by atoms with Gasteiger partial charge < -0.3 is 9.15 Å². The van der Waals surface area contributed by atoms with Crippen molar-refractivity contribution in [3.63, 3.8) is 0 Å². The minimum Gasteiger partial charge on any atom is -0.459 e. The molecule has 0 aliphatic rings. The van der Waals surface area contributed by atoms with Crippen LogP contribution in [0.5, 0.6) is 0 Å². The first-order valence-electron chi connectivity index (χ1n) is 9.92. The van der Waals surface area contributed by atoms with Crippen molar-refractivity contribution in [2.45, 2.75) is 47.1 Å². The fourth-order valence-electron chi connectivity index (χ4n) is 3.52. The number of rotatable bonds is 6. The molecule has 7 heteroatoms. The molecule has 154 valence electrons. The molecule has 1 aromatic carbocycles. The van der Waals surface area contributed by atoms with Crippen LogP contribution >= 0.6 is 0 Å². The van der Waals surface area contributed by atoms with Crippen molar-refractivity contribution in [1.82, 2.24) is 19.6 Å². The van der Waals surface area contributed by atoms with Gasteiger partial charge >= 0.3 is 5.97 Å². The number of esters is 1. The lowest BCUT2D eigenvalue weighted by molar-refractivity contribution is -0.145. The summed E-state index contributed by atoms with van der Waals surface area (Å²) in [6.07, 6.45) is 0.809. The number of ether oxygens (including phenoxy) is 1. The minimum atomic E-state index is -0.283. The third-order valence-electron chi connectivity index (χ3n) is 5.15. The summed E-state index contributed by atoms with van der Waals surface area (Å²) in [6, 6.07) is 11.6. The first-order chi connectivity index (χ1) is 14.4. The molecule has 0 amide bonds. The highest BCUT2D eigenvalue weighted by atomic mass is 16.5. The molecule has 0 bridgehead atoms. The average molecular weight is 404 g/mol. The van der Waals surface area contributed by atoms with Gasteiger partial charge in [0.15, 0.2) is 5.65 Å². The number of carbonyl (C=O) groups excluding carboxylic acids is 1. The molecule has 0 radical (unpaired) electrons. The standard InChI is InChI=1S/C23H24N4O3/c1-14-12-21-24-15(2)19(16(3)27(21)26-14)10-11-22(28)29-13-20-17(4)30-23(25-20)18-8-6-5-7-9-18/h5-9,12H,10-11,13H2,1-4H3. The maximum atomic E-state index is 12.3. The van der Waals surface area contributed by atoms with Crippen molar-refractivity contribution < 1.29 is 13.9 Å². The van der Waals surface area contributed by atoms with Gasteiger partial charge in [0.25, 0.3) is 0 Å². The molecule has 0 saturated carbocycles. The highest BCUT2D eigenvalue weighted by Crippen LogP contribution is 2.22. The maximum Gasteiger partial charge on any atom is 0.306 e. The fourth-order valence-corrected chi connectivity index (χ4v) is 3.52. The summed E-state index contributed by atoms with van der Waals surface area (Å²) >= 11 is 0. The van der Waals surface area contributed by atoms with Gasteiger partial charge in [0.05, 0.1) is 5.69 Å². The highest BCUT2D eigenvalue weighted by molar-refractivity contribution is 5.70. The van der Waals surface area contributed by atoms with Crippen molar-refractivity contribution in [3.8, 4) is 11.5 Å². The number of fused-ring (bicyclic) bond motifs is 1. The van der Waals surface area contributed by atoms with Gasteiger partial charge in [-0.3, -0.25) is 4.79 Å². The topological polar surface area (TPSA) is 82.5 Å². The number of oxazole rings is 1. The largest absolute Gasteiger partial charge is 0.459 e. The van der Waals surface area contributed by atoms with Crippen LogP contribution in [0, 0.1) is 27.7 Å². The van der Waals surface area contributed by atoms with E-state index in [4.69, 9.17) is 9.15 Å². The average Bonchev–Trinajstić information content (AvgIpc) is 3.29. The summed E-state index contributed by atoms with van der Waals surface area (Å²) in [5, 5.41) is 4.47. The van der Waals surface area contributed by atoms with Crippen LogP contribution < -0.4 is 0 Å². The molecule has 0 fully saturated rings. The lowest BCUT2D eigenvalue weighted by Crippen LogP contribution is -2.10. The molecule has 7 nitrogen and oxygen atoms in total. The van der Waals surface area contributed by atoms with Crippen LogP contribution in [-0.2, 0) is 22.6 Å². The number of benzene rings is 1. The van der Waals surface area contributed by atoms with Crippen LogP contribution in [-0.4, -0.2) is 25.6 Å². The van der Waals surface area contributed by atoms with E-state index in [0.29, 0.717) is 23.8 Å². The Morgan fingerprint density at radius 3 is 2.63 bits per heavy atom. The zero-order valence-electron chi connectivity index (χ0n) is 17.6. The lowest BCUT2D eigenvalue weighted by Gasteiger charge is -2.10. The van der Waals surface area contributed by atoms with Gasteiger partial charge in [0.2, 0.25) is 5.89 Å². The molecule has 3 aromatic heterocycles. The zero-order valence-corrected chi connectivity index (χ0v) is 17.6. The van der Waals surface area contributed by atoms with E-state index < -0.39 is 0 Å². The van der Waals surface area contributed by atoms with Crippen molar-refractivity contribution in [1.29, 1.82) is 0 Å². The fraction of sp³-hybridized carbons (Fsp3) is 0.304. The monoisotopic (exact) mass is 404 g/mol. The van der Waals surface area contributed by atoms with Crippen molar-refractivity contribution in [2.24, 2.45) is 0 Å². The minimum absolute atomic E-state index is 0.0919. The number of carbonyl (C=O) groups is 1. The van der Waals surface area contributed by atoms with E-state index in [9.17, 15) is 4.79 Å².